The van der Waals surface area contributed by atoms with Gasteiger partial charge in [-0.1, -0.05) is 23.8 Å². The van der Waals surface area contributed by atoms with Crippen LogP contribution in [0.2, 0.25) is 0 Å². The van der Waals surface area contributed by atoms with Crippen molar-refractivity contribution in [3.63, 3.8) is 0 Å². The molecule has 98 valence electrons. The van der Waals surface area contributed by atoms with Gasteiger partial charge in [0.15, 0.2) is 0 Å². The third-order valence-electron chi connectivity index (χ3n) is 3.76. The van der Waals surface area contributed by atoms with Gasteiger partial charge in [-0.15, -0.1) is 0 Å². The molecule has 0 amide bonds. The minimum absolute atomic E-state index is 0.939. The summed E-state index contributed by atoms with van der Waals surface area (Å²) in [4.78, 5) is 0. The first-order chi connectivity index (χ1) is 9.28. The van der Waals surface area contributed by atoms with Crippen LogP contribution in [0.25, 0.3) is 11.1 Å². The van der Waals surface area contributed by atoms with Crippen LogP contribution in [0.3, 0.4) is 0 Å². The molecule has 0 bridgehead atoms. The number of fused-ring (bicyclic) bond motifs is 1. The Labute approximate surface area is 114 Å². The van der Waals surface area contributed by atoms with E-state index in [2.05, 4.69) is 42.6 Å². The summed E-state index contributed by atoms with van der Waals surface area (Å²) in [6, 6.07) is 13.1. The predicted octanol–water partition coefficient (Wildman–Crippen LogP) is 3.32. The highest BCUT2D eigenvalue weighted by molar-refractivity contribution is 5.72. The van der Waals surface area contributed by atoms with Crippen molar-refractivity contribution in [2.24, 2.45) is 0 Å². The van der Waals surface area contributed by atoms with Gasteiger partial charge in [0.2, 0.25) is 0 Å². The zero-order valence-electron chi connectivity index (χ0n) is 11.5. The number of ether oxygens (including phenoxy) is 1. The SMILES string of the molecule is COc1ccc(C)cc1-c1ccc2c(c1)CNCC2. The molecule has 19 heavy (non-hydrogen) atoms. The maximum Gasteiger partial charge on any atom is 0.126 e. The summed E-state index contributed by atoms with van der Waals surface area (Å²) in [5, 5.41) is 3.43. The first-order valence-corrected chi connectivity index (χ1v) is 6.75. The molecule has 0 aromatic heterocycles. The summed E-state index contributed by atoms with van der Waals surface area (Å²) in [6.07, 6.45) is 1.13. The molecule has 0 radical (unpaired) electrons. The Bertz CT molecular complexity index is 604. The number of aryl methyl sites for hydroxylation is 1. The Kier molecular flexibility index (Phi) is 3.26. The van der Waals surface area contributed by atoms with Crippen LogP contribution in [0, 0.1) is 6.92 Å². The van der Waals surface area contributed by atoms with Crippen LogP contribution in [0.15, 0.2) is 36.4 Å². The van der Waals surface area contributed by atoms with E-state index in [9.17, 15) is 0 Å². The van der Waals surface area contributed by atoms with Gasteiger partial charge >= 0.3 is 0 Å². The molecular weight excluding hydrogens is 234 g/mol. The third-order valence-corrected chi connectivity index (χ3v) is 3.76. The average molecular weight is 253 g/mol. The molecule has 1 heterocycles. The lowest BCUT2D eigenvalue weighted by molar-refractivity contribution is 0.416. The van der Waals surface area contributed by atoms with Gasteiger partial charge in [0, 0.05) is 12.1 Å². The van der Waals surface area contributed by atoms with Crippen molar-refractivity contribution in [3.8, 4) is 16.9 Å². The highest BCUT2D eigenvalue weighted by Crippen LogP contribution is 2.32. The van der Waals surface area contributed by atoms with Gasteiger partial charge in [0.1, 0.15) is 5.75 Å². The molecule has 3 rings (SSSR count). The number of rotatable bonds is 2. The number of benzene rings is 2. The van der Waals surface area contributed by atoms with Crippen molar-refractivity contribution >= 4 is 0 Å². The Morgan fingerprint density at radius 2 is 1.95 bits per heavy atom. The van der Waals surface area contributed by atoms with Gasteiger partial charge in [0.05, 0.1) is 7.11 Å². The monoisotopic (exact) mass is 253 g/mol. The Morgan fingerprint density at radius 1 is 1.05 bits per heavy atom. The molecule has 0 fully saturated rings. The smallest absolute Gasteiger partial charge is 0.126 e. The molecule has 2 aromatic carbocycles. The van der Waals surface area contributed by atoms with E-state index in [1.54, 1.807) is 7.11 Å². The van der Waals surface area contributed by atoms with Gasteiger partial charge in [0.25, 0.3) is 0 Å². The summed E-state index contributed by atoms with van der Waals surface area (Å²) in [5.41, 5.74) is 6.55. The molecule has 1 aliphatic rings. The molecule has 0 saturated carbocycles. The molecule has 1 N–H and O–H groups in total. The predicted molar refractivity (Wildman–Crippen MR) is 78.6 cm³/mol. The topological polar surface area (TPSA) is 21.3 Å². The fourth-order valence-electron chi connectivity index (χ4n) is 2.70. The van der Waals surface area contributed by atoms with E-state index >= 15 is 0 Å². The number of methoxy groups -OCH3 is 1. The lowest BCUT2D eigenvalue weighted by Gasteiger charge is -2.18. The van der Waals surface area contributed by atoms with E-state index in [1.165, 1.54) is 27.8 Å². The molecule has 1 aliphatic heterocycles. The first kappa shape index (κ1) is 12.2. The van der Waals surface area contributed by atoms with Crippen molar-refractivity contribution in [1.29, 1.82) is 0 Å². The second-order valence-electron chi connectivity index (χ2n) is 5.11. The molecule has 2 aromatic rings. The van der Waals surface area contributed by atoms with Crippen LogP contribution >= 0.6 is 0 Å². The highest BCUT2D eigenvalue weighted by atomic mass is 16.5. The van der Waals surface area contributed by atoms with Crippen LogP contribution in [-0.4, -0.2) is 13.7 Å². The second kappa shape index (κ2) is 5.06. The van der Waals surface area contributed by atoms with Gasteiger partial charge in [-0.25, -0.2) is 0 Å². The first-order valence-electron chi connectivity index (χ1n) is 6.75. The van der Waals surface area contributed by atoms with E-state index < -0.39 is 0 Å². The minimum atomic E-state index is 0.939. The number of hydrogen-bond donors (Lipinski definition) is 1. The van der Waals surface area contributed by atoms with Crippen molar-refractivity contribution < 1.29 is 4.74 Å². The summed E-state index contributed by atoms with van der Waals surface area (Å²) in [5.74, 6) is 0.939. The van der Waals surface area contributed by atoms with Gasteiger partial charge in [-0.2, -0.15) is 0 Å². The lowest BCUT2D eigenvalue weighted by Crippen LogP contribution is -2.23. The molecule has 0 saturated heterocycles. The van der Waals surface area contributed by atoms with Crippen LogP contribution in [-0.2, 0) is 13.0 Å². The second-order valence-corrected chi connectivity index (χ2v) is 5.11. The van der Waals surface area contributed by atoms with Gasteiger partial charge in [-0.05, 0) is 54.8 Å². The third kappa shape index (κ3) is 2.36. The maximum absolute atomic E-state index is 5.48. The van der Waals surface area contributed by atoms with Crippen molar-refractivity contribution in [2.75, 3.05) is 13.7 Å². The van der Waals surface area contributed by atoms with Crippen LogP contribution in [0.5, 0.6) is 5.75 Å². The lowest BCUT2D eigenvalue weighted by atomic mass is 9.94. The molecule has 0 spiro atoms. The minimum Gasteiger partial charge on any atom is -0.496 e. The maximum atomic E-state index is 5.48. The highest BCUT2D eigenvalue weighted by Gasteiger charge is 2.12. The van der Waals surface area contributed by atoms with Gasteiger partial charge in [-0.3, -0.25) is 0 Å². The van der Waals surface area contributed by atoms with Crippen LogP contribution < -0.4 is 10.1 Å². The average Bonchev–Trinajstić information content (AvgIpc) is 2.46. The van der Waals surface area contributed by atoms with E-state index in [0.29, 0.717) is 0 Å². The number of nitrogens with one attached hydrogen (secondary N) is 1. The van der Waals surface area contributed by atoms with E-state index in [1.807, 2.05) is 6.07 Å². The summed E-state index contributed by atoms with van der Waals surface area (Å²) < 4.78 is 5.48. The standard InChI is InChI=1S/C17H19NO/c1-12-3-6-17(19-2)16(9-12)14-5-4-13-7-8-18-11-15(13)10-14/h3-6,9-10,18H,7-8,11H2,1-2H3. The van der Waals surface area contributed by atoms with Crippen LogP contribution in [0.1, 0.15) is 16.7 Å². The summed E-state index contributed by atoms with van der Waals surface area (Å²) >= 11 is 0. The Morgan fingerprint density at radius 3 is 2.79 bits per heavy atom. The molecule has 0 aliphatic carbocycles. The van der Waals surface area contributed by atoms with E-state index in [-0.39, 0.29) is 0 Å². The molecule has 0 unspecified atom stereocenters. The fourth-order valence-corrected chi connectivity index (χ4v) is 2.70. The van der Waals surface area contributed by atoms with E-state index in [0.717, 1.165) is 25.3 Å². The molecule has 0 atom stereocenters. The quantitative estimate of drug-likeness (QED) is 0.886. The zero-order valence-corrected chi connectivity index (χ0v) is 11.5. The molecule has 2 nitrogen and oxygen atoms in total. The molecular formula is C17H19NO. The largest absolute Gasteiger partial charge is 0.496 e. The van der Waals surface area contributed by atoms with Crippen molar-refractivity contribution in [1.82, 2.24) is 5.32 Å². The zero-order chi connectivity index (χ0) is 13.2. The fraction of sp³-hybridized carbons (Fsp3) is 0.294. The van der Waals surface area contributed by atoms with Crippen molar-refractivity contribution in [2.45, 2.75) is 19.9 Å². The van der Waals surface area contributed by atoms with Gasteiger partial charge < -0.3 is 10.1 Å². The van der Waals surface area contributed by atoms with Crippen molar-refractivity contribution in [3.05, 3.63) is 53.1 Å². The van der Waals surface area contributed by atoms with E-state index in [4.69, 9.17) is 4.74 Å². The normalized spacial score (nSPS) is 14.0. The Hall–Kier alpha value is -1.80. The summed E-state index contributed by atoms with van der Waals surface area (Å²) in [6.45, 7) is 4.17. The number of hydrogen-bond acceptors (Lipinski definition) is 2. The molecule has 2 heteroatoms. The Balaban J connectivity index is 2.09. The summed E-state index contributed by atoms with van der Waals surface area (Å²) in [7, 11) is 1.73. The van der Waals surface area contributed by atoms with Crippen LogP contribution in [0.4, 0.5) is 0 Å².